The molecule has 0 aliphatic rings. The first-order valence-corrected chi connectivity index (χ1v) is 5.27. The zero-order valence-corrected chi connectivity index (χ0v) is 9.74. The molecule has 4 nitrogen and oxygen atoms in total. The third-order valence-corrected chi connectivity index (χ3v) is 2.45. The van der Waals surface area contributed by atoms with Gasteiger partial charge in [-0.05, 0) is 18.6 Å². The predicted octanol–water partition coefficient (Wildman–Crippen LogP) is 2.26. The largest absolute Gasteiger partial charge is 0.481 e. The third-order valence-electron chi connectivity index (χ3n) is 2.45. The summed E-state index contributed by atoms with van der Waals surface area (Å²) in [6.45, 7) is 0. The van der Waals surface area contributed by atoms with Crippen LogP contribution in [-0.2, 0) is 11.0 Å². The van der Waals surface area contributed by atoms with Crippen LogP contribution in [0.1, 0.15) is 30.1 Å². The lowest BCUT2D eigenvalue weighted by Gasteiger charge is -2.15. The number of nitrogens with two attached hydrogens (primary N) is 1. The van der Waals surface area contributed by atoms with Crippen LogP contribution in [0.4, 0.5) is 18.9 Å². The molecule has 0 spiro atoms. The molecule has 1 rings (SSSR count). The Morgan fingerprint density at radius 2 is 2.16 bits per heavy atom. The summed E-state index contributed by atoms with van der Waals surface area (Å²) in [6.07, 6.45) is 0.445. The second kappa shape index (κ2) is 5.61. The van der Waals surface area contributed by atoms with E-state index in [9.17, 15) is 18.0 Å². The molecule has 1 aromatic rings. The van der Waals surface area contributed by atoms with E-state index in [1.54, 1.807) is 0 Å². The summed E-state index contributed by atoms with van der Waals surface area (Å²) in [4.78, 5) is 14.4. The van der Waals surface area contributed by atoms with Gasteiger partial charge < -0.3 is 10.8 Å². The first-order chi connectivity index (χ1) is 8.77. The molecule has 102 valence electrons. The molecular formula is C12H11F3N2O2. The van der Waals surface area contributed by atoms with E-state index in [0.717, 1.165) is 6.07 Å². The van der Waals surface area contributed by atoms with E-state index >= 15 is 0 Å². The van der Waals surface area contributed by atoms with Crippen LogP contribution >= 0.6 is 0 Å². The van der Waals surface area contributed by atoms with Crippen LogP contribution in [-0.4, -0.2) is 16.1 Å². The lowest BCUT2D eigenvalue weighted by atomic mass is 9.97. The number of carbonyl (C=O) groups is 1. The van der Waals surface area contributed by atoms with Crippen molar-refractivity contribution in [2.75, 3.05) is 5.73 Å². The highest BCUT2D eigenvalue weighted by Gasteiger charge is 2.34. The van der Waals surface area contributed by atoms with Gasteiger partial charge in [-0.25, -0.2) is 4.98 Å². The minimum Gasteiger partial charge on any atom is -0.481 e. The SMILES string of the molecule is C#CCCC(C(=O)O)c1nc(C(F)(F)F)ccc1N. The molecule has 1 atom stereocenters. The van der Waals surface area contributed by atoms with Crippen molar-refractivity contribution in [1.82, 2.24) is 4.98 Å². The molecule has 0 saturated carbocycles. The van der Waals surface area contributed by atoms with Gasteiger partial charge in [0.25, 0.3) is 0 Å². The van der Waals surface area contributed by atoms with Crippen LogP contribution in [0.3, 0.4) is 0 Å². The average Bonchev–Trinajstić information content (AvgIpc) is 2.29. The molecule has 1 unspecified atom stereocenters. The van der Waals surface area contributed by atoms with E-state index in [0.29, 0.717) is 6.07 Å². The molecule has 0 bridgehead atoms. The minimum atomic E-state index is -4.66. The number of aromatic nitrogens is 1. The van der Waals surface area contributed by atoms with Gasteiger partial charge in [-0.1, -0.05) is 0 Å². The number of nitrogens with zero attached hydrogens (tertiary/aromatic N) is 1. The molecule has 1 heterocycles. The molecule has 7 heteroatoms. The Labute approximate surface area is 107 Å². The fraction of sp³-hybridized carbons (Fsp3) is 0.333. The maximum absolute atomic E-state index is 12.5. The van der Waals surface area contributed by atoms with Gasteiger partial charge in [0.2, 0.25) is 0 Å². The first kappa shape index (κ1) is 14.8. The number of nitrogen functional groups attached to an aromatic ring is 1. The van der Waals surface area contributed by atoms with Crippen LogP contribution in [0.5, 0.6) is 0 Å². The van der Waals surface area contributed by atoms with Crippen molar-refractivity contribution in [3.8, 4) is 12.3 Å². The number of hydrogen-bond acceptors (Lipinski definition) is 3. The standard InChI is InChI=1S/C12H11F3N2O2/c1-2-3-4-7(11(18)19)10-8(16)5-6-9(17-10)12(13,14)15/h1,5-7H,3-4,16H2,(H,18,19). The van der Waals surface area contributed by atoms with Gasteiger partial charge in [-0.2, -0.15) is 13.2 Å². The Morgan fingerprint density at radius 3 is 2.63 bits per heavy atom. The number of halogens is 3. The molecule has 0 aromatic carbocycles. The van der Waals surface area contributed by atoms with Crippen molar-refractivity contribution >= 4 is 11.7 Å². The van der Waals surface area contributed by atoms with Crippen molar-refractivity contribution in [2.24, 2.45) is 0 Å². The molecule has 0 saturated heterocycles. The Bertz CT molecular complexity index is 521. The first-order valence-electron chi connectivity index (χ1n) is 5.27. The van der Waals surface area contributed by atoms with Gasteiger partial charge in [-0.15, -0.1) is 12.3 Å². The molecule has 19 heavy (non-hydrogen) atoms. The van der Waals surface area contributed by atoms with Crippen LogP contribution in [0.25, 0.3) is 0 Å². The summed E-state index contributed by atoms with van der Waals surface area (Å²) in [5.41, 5.74) is 3.91. The number of alkyl halides is 3. The van der Waals surface area contributed by atoms with Gasteiger partial charge in [0.05, 0.1) is 11.4 Å². The predicted molar refractivity (Wildman–Crippen MR) is 62.1 cm³/mol. The van der Waals surface area contributed by atoms with E-state index in [1.165, 1.54) is 0 Å². The minimum absolute atomic E-state index is 0.0235. The Hall–Kier alpha value is -2.23. The number of hydrogen-bond donors (Lipinski definition) is 2. The molecular weight excluding hydrogens is 261 g/mol. The van der Waals surface area contributed by atoms with Crippen molar-refractivity contribution in [3.63, 3.8) is 0 Å². The Balaban J connectivity index is 3.22. The summed E-state index contributed by atoms with van der Waals surface area (Å²) in [7, 11) is 0. The highest BCUT2D eigenvalue weighted by Crippen LogP contribution is 2.32. The van der Waals surface area contributed by atoms with Gasteiger partial charge in [0, 0.05) is 6.42 Å². The number of terminal acetylenes is 1. The number of aliphatic carboxylic acids is 1. The Kier molecular flexibility index (Phi) is 4.38. The zero-order valence-electron chi connectivity index (χ0n) is 9.74. The van der Waals surface area contributed by atoms with Gasteiger partial charge >= 0.3 is 12.1 Å². The van der Waals surface area contributed by atoms with E-state index in [2.05, 4.69) is 10.9 Å². The number of rotatable bonds is 4. The lowest BCUT2D eigenvalue weighted by Crippen LogP contribution is -2.18. The second-order valence-electron chi connectivity index (χ2n) is 3.80. The summed E-state index contributed by atoms with van der Waals surface area (Å²) >= 11 is 0. The van der Waals surface area contributed by atoms with E-state index in [1.807, 2.05) is 0 Å². The molecule has 0 aliphatic heterocycles. The van der Waals surface area contributed by atoms with Crippen LogP contribution in [0.2, 0.25) is 0 Å². The van der Waals surface area contributed by atoms with Crippen LogP contribution < -0.4 is 5.73 Å². The van der Waals surface area contributed by atoms with E-state index < -0.39 is 23.8 Å². The fourth-order valence-corrected chi connectivity index (χ4v) is 1.53. The quantitative estimate of drug-likeness (QED) is 0.824. The molecule has 1 aromatic heterocycles. The summed E-state index contributed by atoms with van der Waals surface area (Å²) in [5, 5.41) is 9.03. The molecule has 0 aliphatic carbocycles. The van der Waals surface area contributed by atoms with Crippen LogP contribution in [0, 0.1) is 12.3 Å². The summed E-state index contributed by atoms with van der Waals surface area (Å²) in [6, 6.07) is 1.70. The lowest BCUT2D eigenvalue weighted by molar-refractivity contribution is -0.142. The Morgan fingerprint density at radius 1 is 1.53 bits per heavy atom. The van der Waals surface area contributed by atoms with Crippen molar-refractivity contribution in [3.05, 3.63) is 23.5 Å². The van der Waals surface area contributed by atoms with Crippen molar-refractivity contribution in [2.45, 2.75) is 24.9 Å². The molecule has 3 N–H and O–H groups in total. The van der Waals surface area contributed by atoms with Crippen molar-refractivity contribution in [1.29, 1.82) is 0 Å². The maximum Gasteiger partial charge on any atom is 0.433 e. The highest BCUT2D eigenvalue weighted by molar-refractivity contribution is 5.77. The summed E-state index contributed by atoms with van der Waals surface area (Å²) < 4.78 is 37.6. The van der Waals surface area contributed by atoms with E-state index in [4.69, 9.17) is 17.3 Å². The van der Waals surface area contributed by atoms with Crippen LogP contribution in [0.15, 0.2) is 12.1 Å². The number of carboxylic acid groups (broad SMARTS) is 1. The van der Waals surface area contributed by atoms with E-state index in [-0.39, 0.29) is 24.2 Å². The highest BCUT2D eigenvalue weighted by atomic mass is 19.4. The van der Waals surface area contributed by atoms with Crippen molar-refractivity contribution < 1.29 is 23.1 Å². The zero-order chi connectivity index (χ0) is 14.6. The smallest absolute Gasteiger partial charge is 0.433 e. The topological polar surface area (TPSA) is 76.2 Å². The molecule has 0 amide bonds. The third kappa shape index (κ3) is 3.61. The molecule has 0 fully saturated rings. The monoisotopic (exact) mass is 272 g/mol. The van der Waals surface area contributed by atoms with Gasteiger partial charge in [-0.3, -0.25) is 4.79 Å². The summed E-state index contributed by atoms with van der Waals surface area (Å²) in [5.74, 6) is -0.330. The normalized spacial score (nSPS) is 12.7. The second-order valence-corrected chi connectivity index (χ2v) is 3.80. The average molecular weight is 272 g/mol. The fourth-order valence-electron chi connectivity index (χ4n) is 1.53. The number of anilines is 1. The number of pyridine rings is 1. The maximum atomic E-state index is 12.5. The number of carboxylic acids is 1. The van der Waals surface area contributed by atoms with Gasteiger partial charge in [0.1, 0.15) is 11.6 Å². The molecule has 0 radical (unpaired) electrons. The van der Waals surface area contributed by atoms with Gasteiger partial charge in [0.15, 0.2) is 0 Å².